The zero-order valence-corrected chi connectivity index (χ0v) is 14.1. The van der Waals surface area contributed by atoms with E-state index in [1.54, 1.807) is 7.11 Å². The molecule has 0 aliphatic heterocycles. The highest BCUT2D eigenvalue weighted by Gasteiger charge is 2.27. The topological polar surface area (TPSA) is 47.0 Å². The standard InChI is InChI=1S/C16H23N3OS/c1-6-17-13(11-8-7-9-12(10-11)20-5)14-15(16(2,3)4)18-19-21-14/h7-10,13,17H,6H2,1-5H3. The van der Waals surface area contributed by atoms with E-state index in [1.165, 1.54) is 22.0 Å². The predicted molar refractivity (Wildman–Crippen MR) is 87.1 cm³/mol. The minimum Gasteiger partial charge on any atom is -0.497 e. The van der Waals surface area contributed by atoms with Crippen molar-refractivity contribution in [3.05, 3.63) is 40.4 Å². The summed E-state index contributed by atoms with van der Waals surface area (Å²) in [7, 11) is 1.69. The third-order valence-corrected chi connectivity index (χ3v) is 4.11. The lowest BCUT2D eigenvalue weighted by Crippen LogP contribution is -2.25. The van der Waals surface area contributed by atoms with Crippen LogP contribution in [0.3, 0.4) is 0 Å². The van der Waals surface area contributed by atoms with Gasteiger partial charge in [0.25, 0.3) is 0 Å². The van der Waals surface area contributed by atoms with E-state index in [1.807, 2.05) is 12.1 Å². The first-order chi connectivity index (χ1) is 9.97. The number of nitrogens with zero attached hydrogens (tertiary/aromatic N) is 2. The van der Waals surface area contributed by atoms with Crippen LogP contribution in [0.1, 0.15) is 49.9 Å². The van der Waals surface area contributed by atoms with Gasteiger partial charge in [-0.1, -0.05) is 44.3 Å². The van der Waals surface area contributed by atoms with Crippen molar-refractivity contribution < 1.29 is 4.74 Å². The van der Waals surface area contributed by atoms with Gasteiger partial charge in [0.05, 0.1) is 23.7 Å². The Morgan fingerprint density at radius 1 is 1.33 bits per heavy atom. The fraction of sp³-hybridized carbons (Fsp3) is 0.500. The Hall–Kier alpha value is -1.46. The highest BCUT2D eigenvalue weighted by Crippen LogP contribution is 2.34. The zero-order valence-electron chi connectivity index (χ0n) is 13.3. The van der Waals surface area contributed by atoms with E-state index >= 15 is 0 Å². The molecule has 0 radical (unpaired) electrons. The summed E-state index contributed by atoms with van der Waals surface area (Å²) < 4.78 is 9.52. The van der Waals surface area contributed by atoms with Crippen molar-refractivity contribution in [1.29, 1.82) is 0 Å². The minimum absolute atomic E-state index is 0.0190. The SMILES string of the molecule is CCNC(c1cccc(OC)c1)c1snnc1C(C)(C)C. The summed E-state index contributed by atoms with van der Waals surface area (Å²) in [6, 6.07) is 8.26. The van der Waals surface area contributed by atoms with Crippen LogP contribution in [-0.2, 0) is 5.41 Å². The second kappa shape index (κ2) is 6.54. The van der Waals surface area contributed by atoms with E-state index in [0.717, 1.165) is 18.0 Å². The first-order valence-corrected chi connectivity index (χ1v) is 7.94. The van der Waals surface area contributed by atoms with Crippen LogP contribution >= 0.6 is 11.5 Å². The summed E-state index contributed by atoms with van der Waals surface area (Å²) in [5, 5.41) is 7.90. The molecule has 0 amide bonds. The number of rotatable bonds is 5. The van der Waals surface area contributed by atoms with Gasteiger partial charge in [0.15, 0.2) is 0 Å². The second-order valence-corrected chi connectivity index (χ2v) is 6.79. The molecule has 1 atom stereocenters. The number of benzene rings is 1. The zero-order chi connectivity index (χ0) is 15.5. The van der Waals surface area contributed by atoms with Crippen LogP contribution in [-0.4, -0.2) is 23.2 Å². The molecule has 4 nitrogen and oxygen atoms in total. The van der Waals surface area contributed by atoms with Crippen molar-refractivity contribution in [2.45, 2.75) is 39.2 Å². The number of hydrogen-bond acceptors (Lipinski definition) is 5. The Morgan fingerprint density at radius 3 is 2.71 bits per heavy atom. The third-order valence-electron chi connectivity index (χ3n) is 3.32. The Kier molecular flexibility index (Phi) is 4.96. The Bertz CT molecular complexity index is 589. The molecular formula is C16H23N3OS. The summed E-state index contributed by atoms with van der Waals surface area (Å²) in [6.45, 7) is 9.49. The first-order valence-electron chi connectivity index (χ1n) is 7.17. The second-order valence-electron chi connectivity index (χ2n) is 6.00. The Balaban J connectivity index is 2.46. The minimum atomic E-state index is -0.0190. The molecule has 0 fully saturated rings. The van der Waals surface area contributed by atoms with Crippen LogP contribution in [0.4, 0.5) is 0 Å². The van der Waals surface area contributed by atoms with Gasteiger partial charge >= 0.3 is 0 Å². The largest absolute Gasteiger partial charge is 0.497 e. The molecule has 1 aromatic heterocycles. The predicted octanol–water partition coefficient (Wildman–Crippen LogP) is 3.54. The number of aromatic nitrogens is 2. The maximum atomic E-state index is 5.34. The van der Waals surface area contributed by atoms with Gasteiger partial charge in [0.2, 0.25) is 0 Å². The Morgan fingerprint density at radius 2 is 2.10 bits per heavy atom. The summed E-state index contributed by atoms with van der Waals surface area (Å²) in [6.07, 6.45) is 0. The van der Waals surface area contributed by atoms with Crippen molar-refractivity contribution in [2.24, 2.45) is 0 Å². The maximum Gasteiger partial charge on any atom is 0.119 e. The van der Waals surface area contributed by atoms with E-state index in [4.69, 9.17) is 4.74 Å². The van der Waals surface area contributed by atoms with Crippen LogP contribution in [0.5, 0.6) is 5.75 Å². The van der Waals surface area contributed by atoms with Crippen LogP contribution in [0, 0.1) is 0 Å². The molecular weight excluding hydrogens is 282 g/mol. The monoisotopic (exact) mass is 305 g/mol. The number of methoxy groups -OCH3 is 1. The number of ether oxygens (including phenoxy) is 1. The van der Waals surface area contributed by atoms with Gasteiger partial charge in [-0.2, -0.15) is 0 Å². The molecule has 114 valence electrons. The average molecular weight is 305 g/mol. The molecule has 0 saturated carbocycles. The van der Waals surface area contributed by atoms with E-state index in [0.29, 0.717) is 0 Å². The molecule has 21 heavy (non-hydrogen) atoms. The molecule has 2 rings (SSSR count). The first kappa shape index (κ1) is 15.9. The molecule has 0 bridgehead atoms. The van der Waals surface area contributed by atoms with Crippen molar-refractivity contribution in [3.63, 3.8) is 0 Å². The van der Waals surface area contributed by atoms with E-state index < -0.39 is 0 Å². The van der Waals surface area contributed by atoms with E-state index in [2.05, 4.69) is 54.7 Å². The van der Waals surface area contributed by atoms with Gasteiger partial charge in [0, 0.05) is 5.41 Å². The fourth-order valence-corrected chi connectivity index (χ4v) is 3.26. The summed E-state index contributed by atoms with van der Waals surface area (Å²) in [4.78, 5) is 1.18. The molecule has 0 saturated heterocycles. The molecule has 1 heterocycles. The molecule has 0 aliphatic rings. The quantitative estimate of drug-likeness (QED) is 0.918. The lowest BCUT2D eigenvalue weighted by molar-refractivity contribution is 0.413. The lowest BCUT2D eigenvalue weighted by atomic mass is 9.89. The van der Waals surface area contributed by atoms with Crippen molar-refractivity contribution in [3.8, 4) is 5.75 Å². The van der Waals surface area contributed by atoms with Crippen LogP contribution in [0.25, 0.3) is 0 Å². The molecule has 1 N–H and O–H groups in total. The van der Waals surface area contributed by atoms with Gasteiger partial charge in [-0.25, -0.2) is 0 Å². The average Bonchev–Trinajstić information content (AvgIpc) is 2.94. The number of hydrogen-bond donors (Lipinski definition) is 1. The van der Waals surface area contributed by atoms with Crippen molar-refractivity contribution in [2.75, 3.05) is 13.7 Å². The van der Waals surface area contributed by atoms with Crippen LogP contribution in [0.15, 0.2) is 24.3 Å². The highest BCUT2D eigenvalue weighted by atomic mass is 32.1. The molecule has 0 spiro atoms. The molecule has 0 aliphatic carbocycles. The van der Waals surface area contributed by atoms with Gasteiger partial charge in [-0.05, 0) is 35.8 Å². The fourth-order valence-electron chi connectivity index (χ4n) is 2.29. The molecule has 2 aromatic rings. The van der Waals surface area contributed by atoms with Gasteiger partial charge in [0.1, 0.15) is 5.75 Å². The third kappa shape index (κ3) is 3.60. The van der Waals surface area contributed by atoms with E-state index in [-0.39, 0.29) is 11.5 Å². The van der Waals surface area contributed by atoms with Crippen LogP contribution < -0.4 is 10.1 Å². The summed E-state index contributed by atoms with van der Waals surface area (Å²) in [5.74, 6) is 0.866. The summed E-state index contributed by atoms with van der Waals surface area (Å²) in [5.41, 5.74) is 2.21. The van der Waals surface area contributed by atoms with Gasteiger partial charge in [-0.15, -0.1) is 5.10 Å². The molecule has 1 aromatic carbocycles. The smallest absolute Gasteiger partial charge is 0.119 e. The van der Waals surface area contributed by atoms with Crippen molar-refractivity contribution >= 4 is 11.5 Å². The van der Waals surface area contributed by atoms with Crippen LogP contribution in [0.2, 0.25) is 0 Å². The highest BCUT2D eigenvalue weighted by molar-refractivity contribution is 7.05. The Labute approximate surface area is 130 Å². The lowest BCUT2D eigenvalue weighted by Gasteiger charge is -2.23. The molecule has 1 unspecified atom stereocenters. The molecule has 5 heteroatoms. The normalized spacial score (nSPS) is 13.2. The maximum absolute atomic E-state index is 5.34. The van der Waals surface area contributed by atoms with Gasteiger partial charge < -0.3 is 10.1 Å². The number of nitrogens with one attached hydrogen (secondary N) is 1. The van der Waals surface area contributed by atoms with Gasteiger partial charge in [-0.3, -0.25) is 0 Å². The summed E-state index contributed by atoms with van der Waals surface area (Å²) >= 11 is 1.47. The van der Waals surface area contributed by atoms with Crippen molar-refractivity contribution in [1.82, 2.24) is 14.9 Å². The van der Waals surface area contributed by atoms with E-state index in [9.17, 15) is 0 Å².